The molecule has 1 aliphatic carbocycles. The topological polar surface area (TPSA) is 237 Å². The van der Waals surface area contributed by atoms with E-state index in [1.165, 1.54) is 6.07 Å². The number of aromatic hydroxyl groups is 4. The number of rotatable bonds is 7. The summed E-state index contributed by atoms with van der Waals surface area (Å²) in [5, 5.41) is 81.9. The summed E-state index contributed by atoms with van der Waals surface area (Å²) >= 11 is 0. The van der Waals surface area contributed by atoms with Gasteiger partial charge in [0.15, 0.2) is 17.3 Å². The van der Waals surface area contributed by atoms with Crippen LogP contribution in [0.5, 0.6) is 28.7 Å². The molecule has 0 spiro atoms. The number of aliphatic hydroxyl groups excluding tert-OH is 3. The third-order valence-electron chi connectivity index (χ3n) is 8.51. The molecule has 2 heterocycles. The first-order valence-electron chi connectivity index (χ1n) is 14.5. The van der Waals surface area contributed by atoms with Gasteiger partial charge in [0.25, 0.3) is 0 Å². The molecule has 2 aromatic carbocycles. The number of fused-ring (bicyclic) bond motifs is 1. The summed E-state index contributed by atoms with van der Waals surface area (Å²) < 4.78 is 22.6. The van der Waals surface area contributed by atoms with E-state index in [-0.39, 0.29) is 22.8 Å². The zero-order chi connectivity index (χ0) is 32.8. The van der Waals surface area contributed by atoms with E-state index >= 15 is 0 Å². The van der Waals surface area contributed by atoms with Crippen LogP contribution < -0.4 is 10.2 Å². The van der Waals surface area contributed by atoms with Crippen LogP contribution in [0.2, 0.25) is 0 Å². The molecule has 0 bridgehead atoms. The molecule has 5 rings (SSSR count). The fourth-order valence-corrected chi connectivity index (χ4v) is 5.82. The molecule has 244 valence electrons. The average molecular weight is 633 g/mol. The Kier molecular flexibility index (Phi) is 8.88. The Labute approximate surface area is 256 Å². The summed E-state index contributed by atoms with van der Waals surface area (Å²) in [7, 11) is 0. The van der Waals surface area contributed by atoms with Gasteiger partial charge >= 0.3 is 5.97 Å². The van der Waals surface area contributed by atoms with Gasteiger partial charge in [-0.1, -0.05) is 0 Å². The molecule has 14 nitrogen and oxygen atoms in total. The number of carbonyl (C=O) groups excluding carboxylic acids is 1. The smallest absolute Gasteiger partial charge is 0.309 e. The molecular formula is C31H36O14. The van der Waals surface area contributed by atoms with E-state index in [1.54, 1.807) is 13.8 Å². The fraction of sp³-hybridized carbons (Fsp3) is 0.484. The summed E-state index contributed by atoms with van der Waals surface area (Å²) in [6, 6.07) is 5.36. The van der Waals surface area contributed by atoms with E-state index in [9.17, 15) is 50.4 Å². The second kappa shape index (κ2) is 12.4. The maximum atomic E-state index is 13.6. The molecule has 8 N–H and O–H groups in total. The molecule has 1 saturated heterocycles. The van der Waals surface area contributed by atoms with Crippen molar-refractivity contribution >= 4 is 16.9 Å². The summed E-state index contributed by atoms with van der Waals surface area (Å²) in [5.74, 6) is -4.13. The van der Waals surface area contributed by atoms with Gasteiger partial charge in [-0.3, -0.25) is 9.59 Å². The molecule has 2 fully saturated rings. The Morgan fingerprint density at radius 1 is 0.911 bits per heavy atom. The van der Waals surface area contributed by atoms with Crippen molar-refractivity contribution in [3.8, 4) is 40.1 Å². The normalized spacial score (nSPS) is 27.3. The lowest BCUT2D eigenvalue weighted by Gasteiger charge is -2.40. The van der Waals surface area contributed by atoms with E-state index in [4.69, 9.17) is 18.6 Å². The molecular weight excluding hydrogens is 596 g/mol. The second-order valence-electron chi connectivity index (χ2n) is 12.1. The zero-order valence-electron chi connectivity index (χ0n) is 24.5. The molecule has 1 aliphatic heterocycles. The van der Waals surface area contributed by atoms with Crippen molar-refractivity contribution < 1.29 is 64.3 Å². The largest absolute Gasteiger partial charge is 0.508 e. The van der Waals surface area contributed by atoms with Gasteiger partial charge in [-0.2, -0.15) is 0 Å². The van der Waals surface area contributed by atoms with Crippen LogP contribution in [0, 0.1) is 11.8 Å². The Balaban J connectivity index is 1.40. The SMILES string of the molecule is CC(C)(O)C1CCC(C(=O)OC[C@H]2O[C@@H](Oc3c(-c4ccc(O)c(O)c4)oc4cc(O)cc(O)c4c3=O)[C@H](O)[C@@H](O)[C@H]2O)CC1. The molecule has 45 heavy (non-hydrogen) atoms. The first kappa shape index (κ1) is 32.3. The highest BCUT2D eigenvalue weighted by Crippen LogP contribution is 2.40. The number of ether oxygens (including phenoxy) is 3. The van der Waals surface area contributed by atoms with Crippen LogP contribution in [0.1, 0.15) is 39.5 Å². The molecule has 3 aromatic rings. The minimum atomic E-state index is -1.92. The van der Waals surface area contributed by atoms with E-state index < -0.39 is 94.4 Å². The molecule has 1 aromatic heterocycles. The average Bonchev–Trinajstić information content (AvgIpc) is 2.98. The number of esters is 1. The van der Waals surface area contributed by atoms with Crippen molar-refractivity contribution in [3.05, 3.63) is 40.6 Å². The minimum absolute atomic E-state index is 0.00204. The van der Waals surface area contributed by atoms with Crippen LogP contribution in [0.4, 0.5) is 0 Å². The summed E-state index contributed by atoms with van der Waals surface area (Å²) in [6.07, 6.45) is -6.51. The number of phenolic OH excluding ortho intramolecular Hbond substituents is 4. The highest BCUT2D eigenvalue weighted by molar-refractivity contribution is 5.88. The number of hydrogen-bond acceptors (Lipinski definition) is 14. The Hall–Kier alpha value is -4.08. The summed E-state index contributed by atoms with van der Waals surface area (Å²) in [4.78, 5) is 26.4. The monoisotopic (exact) mass is 632 g/mol. The second-order valence-corrected chi connectivity index (χ2v) is 12.1. The maximum Gasteiger partial charge on any atom is 0.309 e. The van der Waals surface area contributed by atoms with Crippen LogP contribution in [0.15, 0.2) is 39.5 Å². The number of carbonyl (C=O) groups is 1. The van der Waals surface area contributed by atoms with Gasteiger partial charge in [0.2, 0.25) is 17.5 Å². The summed E-state index contributed by atoms with van der Waals surface area (Å²) in [6.45, 7) is 2.92. The highest BCUT2D eigenvalue weighted by Gasteiger charge is 2.46. The van der Waals surface area contributed by atoms with E-state index in [1.807, 2.05) is 0 Å². The number of aliphatic hydroxyl groups is 4. The van der Waals surface area contributed by atoms with Gasteiger partial charge in [0, 0.05) is 17.7 Å². The first-order valence-corrected chi connectivity index (χ1v) is 14.5. The van der Waals surface area contributed by atoms with Gasteiger partial charge in [0.1, 0.15) is 53.5 Å². The molecule has 1 saturated carbocycles. The number of benzene rings is 2. The van der Waals surface area contributed by atoms with Crippen molar-refractivity contribution in [1.29, 1.82) is 0 Å². The standard InChI is InChI=1S/C31H36O14/c1-31(2,41)15-6-3-13(4-7-15)29(40)42-12-21-23(36)25(38)26(39)30(44-21)45-28-24(37)22-19(35)10-16(32)11-20(22)43-27(28)14-5-8-17(33)18(34)9-14/h5,8-11,13,15,21,23,25-26,30,32-36,38-39,41H,3-4,6-7,12H2,1-2H3/t13?,15?,21-,23+,25+,26-,30+/m1/s1. The number of phenols is 4. The Morgan fingerprint density at radius 3 is 2.24 bits per heavy atom. The van der Waals surface area contributed by atoms with Crippen molar-refractivity contribution in [1.82, 2.24) is 0 Å². The molecule has 0 radical (unpaired) electrons. The molecule has 5 atom stereocenters. The molecule has 0 amide bonds. The van der Waals surface area contributed by atoms with Gasteiger partial charge in [-0.05, 0) is 63.6 Å². The van der Waals surface area contributed by atoms with Gasteiger partial charge in [-0.25, -0.2) is 0 Å². The predicted molar refractivity (Wildman–Crippen MR) is 155 cm³/mol. The third-order valence-corrected chi connectivity index (χ3v) is 8.51. The number of hydrogen-bond donors (Lipinski definition) is 8. The van der Waals surface area contributed by atoms with Crippen LogP contribution in [0.3, 0.4) is 0 Å². The van der Waals surface area contributed by atoms with Crippen LogP contribution in [-0.4, -0.2) is 89.7 Å². The maximum absolute atomic E-state index is 13.6. The molecule has 2 aliphatic rings. The lowest BCUT2D eigenvalue weighted by molar-refractivity contribution is -0.279. The molecule has 14 heteroatoms. The van der Waals surface area contributed by atoms with Crippen molar-refractivity contribution in [2.75, 3.05) is 6.61 Å². The van der Waals surface area contributed by atoms with Crippen molar-refractivity contribution in [3.63, 3.8) is 0 Å². The van der Waals surface area contributed by atoms with E-state index in [0.29, 0.717) is 25.7 Å². The third kappa shape index (κ3) is 6.51. The van der Waals surface area contributed by atoms with Gasteiger partial charge < -0.3 is 59.5 Å². The van der Waals surface area contributed by atoms with Crippen LogP contribution in [-0.2, 0) is 14.3 Å². The van der Waals surface area contributed by atoms with E-state index in [0.717, 1.165) is 24.3 Å². The Bertz CT molecular complexity index is 1620. The summed E-state index contributed by atoms with van der Waals surface area (Å²) in [5.41, 5.74) is -2.13. The quantitative estimate of drug-likeness (QED) is 0.136. The van der Waals surface area contributed by atoms with Crippen molar-refractivity contribution in [2.24, 2.45) is 11.8 Å². The first-order chi connectivity index (χ1) is 21.1. The fourth-order valence-electron chi connectivity index (χ4n) is 5.82. The van der Waals surface area contributed by atoms with Crippen LogP contribution in [0.25, 0.3) is 22.3 Å². The minimum Gasteiger partial charge on any atom is -0.508 e. The van der Waals surface area contributed by atoms with Gasteiger partial charge in [0.05, 0.1) is 11.5 Å². The lowest BCUT2D eigenvalue weighted by Crippen LogP contribution is -2.60. The molecule has 0 unspecified atom stereocenters. The zero-order valence-corrected chi connectivity index (χ0v) is 24.5. The van der Waals surface area contributed by atoms with Gasteiger partial charge in [-0.15, -0.1) is 0 Å². The highest BCUT2D eigenvalue weighted by atomic mass is 16.7. The van der Waals surface area contributed by atoms with Crippen molar-refractivity contribution in [2.45, 2.75) is 75.8 Å². The predicted octanol–water partition coefficient (Wildman–Crippen LogP) is 1.59. The van der Waals surface area contributed by atoms with Crippen LogP contribution >= 0.6 is 0 Å². The Morgan fingerprint density at radius 2 is 1.60 bits per heavy atom. The lowest BCUT2D eigenvalue weighted by atomic mass is 9.75. The van der Waals surface area contributed by atoms with E-state index in [2.05, 4.69) is 0 Å².